The van der Waals surface area contributed by atoms with Crippen molar-refractivity contribution in [1.82, 2.24) is 0 Å². The van der Waals surface area contributed by atoms with Crippen molar-refractivity contribution >= 4 is 0 Å². The van der Waals surface area contributed by atoms with E-state index in [1.54, 1.807) is 0 Å². The van der Waals surface area contributed by atoms with Crippen molar-refractivity contribution in [1.29, 1.82) is 0 Å². The fourth-order valence-electron chi connectivity index (χ4n) is 1.57. The maximum absolute atomic E-state index is 2.28. The molecule has 0 aliphatic rings. The van der Waals surface area contributed by atoms with Gasteiger partial charge in [0.15, 0.2) is 0 Å². The Balaban J connectivity index is 2.76. The van der Waals surface area contributed by atoms with E-state index in [1.165, 1.54) is 66.6 Å². The summed E-state index contributed by atoms with van der Waals surface area (Å²) in [6.45, 7) is 2.28. The zero-order valence-electron chi connectivity index (χ0n) is 9.11. The molecule has 0 N–H and O–H groups in total. The Bertz CT molecular complexity index is 71.2. The molecule has 0 saturated heterocycles. The van der Waals surface area contributed by atoms with E-state index < -0.39 is 0 Å². The normalized spacial score (nSPS) is 10.7. The summed E-state index contributed by atoms with van der Waals surface area (Å²) >= 11 is 2.28. The number of rotatable bonds is 10. The van der Waals surface area contributed by atoms with Crippen molar-refractivity contribution in [3.63, 3.8) is 0 Å². The molecule has 0 radical (unpaired) electrons. The quantitative estimate of drug-likeness (QED) is 0.502. The average Bonchev–Trinajstić information content (AvgIpc) is 2.16. The van der Waals surface area contributed by atoms with Gasteiger partial charge in [0.05, 0.1) is 0 Å². The van der Waals surface area contributed by atoms with Crippen LogP contribution in [0, 0.1) is 36.6 Å². The van der Waals surface area contributed by atoms with E-state index >= 15 is 0 Å². The van der Waals surface area contributed by atoms with Crippen molar-refractivity contribution < 1.29 is 36.6 Å². The molecule has 13 heavy (non-hydrogen) atoms. The Morgan fingerprint density at radius 1 is 0.615 bits per heavy atom. The second kappa shape index (κ2) is 13.3. The van der Waals surface area contributed by atoms with Gasteiger partial charge in [-0.2, -0.15) is 0 Å². The van der Waals surface area contributed by atoms with Crippen LogP contribution in [-0.2, 0) is 0 Å². The zero-order chi connectivity index (χ0) is 9.78. The second-order valence-electron chi connectivity index (χ2n) is 3.85. The summed E-state index contributed by atoms with van der Waals surface area (Å²) in [6.07, 6.45) is 14.6. The van der Waals surface area contributed by atoms with Gasteiger partial charge in [-0.15, -0.1) is 0 Å². The van der Waals surface area contributed by atoms with Crippen LogP contribution in [0.4, 0.5) is 0 Å². The summed E-state index contributed by atoms with van der Waals surface area (Å²) < 4.78 is 1.37. The molecule has 0 rings (SSSR count). The van der Waals surface area contributed by atoms with Gasteiger partial charge in [-0.25, -0.2) is 0 Å². The molecular weight excluding hydrogens is 303 g/mol. The van der Waals surface area contributed by atoms with Crippen LogP contribution in [-0.4, -0.2) is 0 Å². The number of hydrogen-bond donors (Lipinski definition) is 0. The molecule has 0 heterocycles. The van der Waals surface area contributed by atoms with Gasteiger partial charge in [-0.05, 0) is 0 Å². The van der Waals surface area contributed by atoms with Crippen molar-refractivity contribution in [2.45, 2.75) is 73.5 Å². The first-order valence-electron chi connectivity index (χ1n) is 5.94. The predicted molar refractivity (Wildman–Crippen MR) is 56.7 cm³/mol. The third-order valence-corrected chi connectivity index (χ3v) is 3.23. The van der Waals surface area contributed by atoms with Gasteiger partial charge in [0.2, 0.25) is 0 Å². The summed E-state index contributed by atoms with van der Waals surface area (Å²) in [5, 5.41) is 0. The second-order valence-corrected chi connectivity index (χ2v) is 4.92. The molecule has 0 aromatic rings. The molecule has 0 nitrogen and oxygen atoms in total. The van der Waals surface area contributed by atoms with Crippen LogP contribution in [0.1, 0.15) is 71.1 Å². The van der Waals surface area contributed by atoms with E-state index in [9.17, 15) is 0 Å². The predicted octanol–water partition coefficient (Wildman–Crippen LogP) is 4.87. The molecule has 1 heteroatoms. The van der Waals surface area contributed by atoms with Gasteiger partial charge in [0.25, 0.3) is 0 Å². The van der Waals surface area contributed by atoms with Crippen LogP contribution in [0.5, 0.6) is 0 Å². The van der Waals surface area contributed by atoms with Gasteiger partial charge in [0, 0.05) is 0 Å². The average molecular weight is 328 g/mol. The summed E-state index contributed by atoms with van der Waals surface area (Å²) in [6, 6.07) is 0. The molecule has 0 amide bonds. The van der Waals surface area contributed by atoms with Gasteiger partial charge >= 0.3 is 110 Å². The number of hydrogen-bond acceptors (Lipinski definition) is 0. The zero-order valence-corrected chi connectivity index (χ0v) is 11.3. The van der Waals surface area contributed by atoms with Crippen molar-refractivity contribution in [3.8, 4) is 0 Å². The molecule has 0 atom stereocenters. The topological polar surface area (TPSA) is 0 Å². The third kappa shape index (κ3) is 13.3. The van der Waals surface area contributed by atoms with Crippen molar-refractivity contribution in [2.75, 3.05) is 0 Å². The number of unbranched alkanes of at least 4 members (excludes halogenated alkanes) is 9. The van der Waals surface area contributed by atoms with Gasteiger partial charge in [-0.3, -0.25) is 0 Å². The molecule has 0 unspecified atom stereocenters. The van der Waals surface area contributed by atoms with Crippen molar-refractivity contribution in [2.24, 2.45) is 0 Å². The Labute approximate surface area is 109 Å². The molecule has 0 aliphatic carbocycles. The SMILES string of the molecule is CCCCCCCCCCC[CH2][Tb]. The molecule has 0 aromatic heterocycles. The molecule has 0 aliphatic heterocycles. The maximum atomic E-state index is 2.28. The summed E-state index contributed by atoms with van der Waals surface area (Å²) in [5.41, 5.74) is 0. The molecular formula is C12H25Tb. The summed E-state index contributed by atoms with van der Waals surface area (Å²) in [5.74, 6) is 0. The van der Waals surface area contributed by atoms with E-state index in [4.69, 9.17) is 0 Å². The Kier molecular flexibility index (Phi) is 14.6. The first-order valence-corrected chi connectivity index (χ1v) is 7.46. The minimum absolute atomic E-state index is 1.37. The standard InChI is InChI=1S/C12H25.Tb/c1-3-5-7-9-11-12-10-8-6-4-2;/h1,3-12H2,2H3;. The van der Waals surface area contributed by atoms with Crippen LogP contribution < -0.4 is 0 Å². The van der Waals surface area contributed by atoms with Crippen LogP contribution in [0.25, 0.3) is 0 Å². The first kappa shape index (κ1) is 14.3. The third-order valence-electron chi connectivity index (χ3n) is 2.47. The van der Waals surface area contributed by atoms with E-state index in [2.05, 4.69) is 43.6 Å². The summed E-state index contributed by atoms with van der Waals surface area (Å²) in [7, 11) is 0. The molecule has 0 aromatic carbocycles. The molecule has 0 spiro atoms. The van der Waals surface area contributed by atoms with Crippen LogP contribution in [0.2, 0.25) is 2.39 Å². The fraction of sp³-hybridized carbons (Fsp3) is 1.00. The first-order chi connectivity index (χ1) is 6.41. The van der Waals surface area contributed by atoms with Crippen LogP contribution in [0.3, 0.4) is 0 Å². The van der Waals surface area contributed by atoms with Crippen LogP contribution >= 0.6 is 0 Å². The molecule has 0 fully saturated rings. The van der Waals surface area contributed by atoms with Crippen molar-refractivity contribution in [3.05, 3.63) is 0 Å². The van der Waals surface area contributed by atoms with Crippen LogP contribution in [0.15, 0.2) is 0 Å². The Hall–Kier alpha value is 1.29. The fourth-order valence-corrected chi connectivity index (χ4v) is 2.11. The van der Waals surface area contributed by atoms with Gasteiger partial charge in [0.1, 0.15) is 0 Å². The molecule has 0 bridgehead atoms. The van der Waals surface area contributed by atoms with Gasteiger partial charge in [-0.1, -0.05) is 0 Å². The molecule has 82 valence electrons. The van der Waals surface area contributed by atoms with E-state index in [0.29, 0.717) is 0 Å². The minimum atomic E-state index is 1.37. The van der Waals surface area contributed by atoms with E-state index in [0.717, 1.165) is 0 Å². The summed E-state index contributed by atoms with van der Waals surface area (Å²) in [4.78, 5) is 0. The van der Waals surface area contributed by atoms with E-state index in [1.807, 2.05) is 0 Å². The monoisotopic (exact) mass is 328 g/mol. The molecule has 0 saturated carbocycles. The Morgan fingerprint density at radius 2 is 1.00 bits per heavy atom. The Morgan fingerprint density at radius 3 is 1.38 bits per heavy atom. The van der Waals surface area contributed by atoms with E-state index in [-0.39, 0.29) is 0 Å². The van der Waals surface area contributed by atoms with Gasteiger partial charge < -0.3 is 0 Å².